The summed E-state index contributed by atoms with van der Waals surface area (Å²) in [6, 6.07) is 5.71. The van der Waals surface area contributed by atoms with Crippen molar-refractivity contribution in [2.75, 3.05) is 40.5 Å². The van der Waals surface area contributed by atoms with E-state index in [2.05, 4.69) is 22.3 Å². The van der Waals surface area contributed by atoms with Gasteiger partial charge in [-0.2, -0.15) is 0 Å². The molecule has 0 spiro atoms. The summed E-state index contributed by atoms with van der Waals surface area (Å²) in [6.45, 7) is 5.88. The molecule has 0 aromatic heterocycles. The maximum Gasteiger partial charge on any atom is 0.193 e. The number of hydrogen-bond acceptors (Lipinski definition) is 3. The number of ether oxygens (including phenoxy) is 2. The Hall–Kier alpha value is -0.730. The SMILES string of the molecule is CCOc1cc(Cl)ccc1CNC(=NC)N(C)CC1CCOC1.I. The van der Waals surface area contributed by atoms with Gasteiger partial charge in [0.15, 0.2) is 5.96 Å². The largest absolute Gasteiger partial charge is 0.493 e. The van der Waals surface area contributed by atoms with Gasteiger partial charge in [-0.3, -0.25) is 4.99 Å². The smallest absolute Gasteiger partial charge is 0.193 e. The standard InChI is InChI=1S/C17H26ClN3O2.HI/c1-4-23-16-9-15(18)6-5-14(16)10-20-17(19-2)21(3)11-13-7-8-22-12-13;/h5-6,9,13H,4,7-8,10-12H2,1-3H3,(H,19,20);1H. The molecule has 1 fully saturated rings. The molecule has 136 valence electrons. The maximum absolute atomic E-state index is 6.04. The Bertz CT molecular complexity index is 537. The van der Waals surface area contributed by atoms with Crippen molar-refractivity contribution in [1.29, 1.82) is 0 Å². The molecular weight excluding hydrogens is 441 g/mol. The summed E-state index contributed by atoms with van der Waals surface area (Å²) >= 11 is 6.04. The van der Waals surface area contributed by atoms with Crippen molar-refractivity contribution in [2.45, 2.75) is 19.9 Å². The van der Waals surface area contributed by atoms with Crippen molar-refractivity contribution in [3.05, 3.63) is 28.8 Å². The van der Waals surface area contributed by atoms with Crippen LogP contribution in [0.25, 0.3) is 0 Å². The van der Waals surface area contributed by atoms with Gasteiger partial charge in [0.2, 0.25) is 0 Å². The molecule has 7 heteroatoms. The first-order valence-corrected chi connectivity index (χ1v) is 8.42. The highest BCUT2D eigenvalue weighted by Crippen LogP contribution is 2.23. The number of halogens is 2. The number of nitrogens with one attached hydrogen (secondary N) is 1. The Balaban J connectivity index is 0.00000288. The van der Waals surface area contributed by atoms with Crippen LogP contribution in [0, 0.1) is 5.92 Å². The van der Waals surface area contributed by atoms with Crippen LogP contribution in [0.3, 0.4) is 0 Å². The van der Waals surface area contributed by atoms with Gasteiger partial charge in [-0.1, -0.05) is 17.7 Å². The quantitative estimate of drug-likeness (QED) is 0.396. The summed E-state index contributed by atoms with van der Waals surface area (Å²) in [5.41, 5.74) is 1.06. The number of hydrogen-bond donors (Lipinski definition) is 1. The second-order valence-corrected chi connectivity index (χ2v) is 6.13. The predicted octanol–water partition coefficient (Wildman–Crippen LogP) is 3.40. The molecule has 1 unspecified atom stereocenters. The molecule has 1 saturated heterocycles. The number of rotatable bonds is 6. The van der Waals surface area contributed by atoms with Gasteiger partial charge in [0, 0.05) is 50.3 Å². The number of guanidine groups is 1. The number of nitrogens with zero attached hydrogens (tertiary/aromatic N) is 2. The molecule has 1 atom stereocenters. The zero-order chi connectivity index (χ0) is 16.7. The molecule has 1 heterocycles. The first-order chi connectivity index (χ1) is 11.1. The fourth-order valence-electron chi connectivity index (χ4n) is 2.72. The molecule has 2 rings (SSSR count). The van der Waals surface area contributed by atoms with Gasteiger partial charge in [-0.15, -0.1) is 24.0 Å². The summed E-state index contributed by atoms with van der Waals surface area (Å²) in [4.78, 5) is 6.51. The normalized spacial score (nSPS) is 17.3. The van der Waals surface area contributed by atoms with Crippen LogP contribution in [0.15, 0.2) is 23.2 Å². The van der Waals surface area contributed by atoms with Crippen molar-refractivity contribution in [3.8, 4) is 5.75 Å². The van der Waals surface area contributed by atoms with E-state index in [1.807, 2.05) is 25.1 Å². The van der Waals surface area contributed by atoms with Crippen LogP contribution in [0.2, 0.25) is 5.02 Å². The van der Waals surface area contributed by atoms with Crippen molar-refractivity contribution in [1.82, 2.24) is 10.2 Å². The fourth-order valence-corrected chi connectivity index (χ4v) is 2.89. The van der Waals surface area contributed by atoms with E-state index in [0.717, 1.165) is 43.5 Å². The number of aliphatic imine (C=N–C) groups is 1. The van der Waals surface area contributed by atoms with Gasteiger partial charge in [0.25, 0.3) is 0 Å². The molecular formula is C17H27ClIN3O2. The van der Waals surface area contributed by atoms with Crippen LogP contribution < -0.4 is 10.1 Å². The van der Waals surface area contributed by atoms with E-state index in [9.17, 15) is 0 Å². The molecule has 1 aliphatic heterocycles. The van der Waals surface area contributed by atoms with Gasteiger partial charge in [-0.05, 0) is 25.5 Å². The minimum absolute atomic E-state index is 0. The van der Waals surface area contributed by atoms with E-state index >= 15 is 0 Å². The molecule has 1 aliphatic rings. The third kappa shape index (κ3) is 6.29. The lowest BCUT2D eigenvalue weighted by Gasteiger charge is -2.24. The minimum Gasteiger partial charge on any atom is -0.493 e. The predicted molar refractivity (Wildman–Crippen MR) is 110 cm³/mol. The Morgan fingerprint density at radius 3 is 2.92 bits per heavy atom. The summed E-state index contributed by atoms with van der Waals surface area (Å²) < 4.78 is 11.1. The van der Waals surface area contributed by atoms with E-state index in [-0.39, 0.29) is 24.0 Å². The van der Waals surface area contributed by atoms with E-state index in [1.165, 1.54) is 0 Å². The molecule has 0 saturated carbocycles. The van der Waals surface area contributed by atoms with Crippen molar-refractivity contribution in [3.63, 3.8) is 0 Å². The molecule has 1 aromatic carbocycles. The van der Waals surface area contributed by atoms with E-state index in [0.29, 0.717) is 24.1 Å². The zero-order valence-corrected chi connectivity index (χ0v) is 17.6. The van der Waals surface area contributed by atoms with E-state index in [4.69, 9.17) is 21.1 Å². The van der Waals surface area contributed by atoms with Crippen molar-refractivity contribution in [2.24, 2.45) is 10.9 Å². The lowest BCUT2D eigenvalue weighted by molar-refractivity contribution is 0.181. The summed E-state index contributed by atoms with van der Waals surface area (Å²) in [6.07, 6.45) is 1.12. The molecule has 0 radical (unpaired) electrons. The summed E-state index contributed by atoms with van der Waals surface area (Å²) in [5.74, 6) is 2.26. The highest BCUT2D eigenvalue weighted by molar-refractivity contribution is 14.0. The number of benzene rings is 1. The van der Waals surface area contributed by atoms with Crippen molar-refractivity contribution >= 4 is 41.5 Å². The third-order valence-corrected chi connectivity index (χ3v) is 4.13. The highest BCUT2D eigenvalue weighted by Gasteiger charge is 2.19. The first kappa shape index (κ1) is 21.3. The van der Waals surface area contributed by atoms with E-state index in [1.54, 1.807) is 7.05 Å². The molecule has 24 heavy (non-hydrogen) atoms. The van der Waals surface area contributed by atoms with Gasteiger partial charge in [-0.25, -0.2) is 0 Å². The average molecular weight is 468 g/mol. The second kappa shape index (κ2) is 11.0. The van der Waals surface area contributed by atoms with Crippen molar-refractivity contribution < 1.29 is 9.47 Å². The molecule has 1 aromatic rings. The van der Waals surface area contributed by atoms with Gasteiger partial charge in [0.1, 0.15) is 5.75 Å². The van der Waals surface area contributed by atoms with Crippen LogP contribution in [0.4, 0.5) is 0 Å². The van der Waals surface area contributed by atoms with Crippen LogP contribution in [0.1, 0.15) is 18.9 Å². The third-order valence-electron chi connectivity index (χ3n) is 3.90. The molecule has 5 nitrogen and oxygen atoms in total. The Labute approximate surface area is 166 Å². The summed E-state index contributed by atoms with van der Waals surface area (Å²) in [7, 11) is 3.86. The Kier molecular flexibility index (Phi) is 9.76. The van der Waals surface area contributed by atoms with Crippen LogP contribution in [-0.2, 0) is 11.3 Å². The lowest BCUT2D eigenvalue weighted by Crippen LogP contribution is -2.41. The molecule has 0 amide bonds. The summed E-state index contributed by atoms with van der Waals surface area (Å²) in [5, 5.41) is 4.07. The first-order valence-electron chi connectivity index (χ1n) is 8.04. The van der Waals surface area contributed by atoms with Crippen LogP contribution in [0.5, 0.6) is 5.75 Å². The average Bonchev–Trinajstić information content (AvgIpc) is 3.03. The van der Waals surface area contributed by atoms with Crippen LogP contribution in [-0.4, -0.2) is 51.3 Å². The van der Waals surface area contributed by atoms with Gasteiger partial charge < -0.3 is 19.7 Å². The lowest BCUT2D eigenvalue weighted by atomic mass is 10.1. The topological polar surface area (TPSA) is 46.1 Å². The zero-order valence-electron chi connectivity index (χ0n) is 14.5. The Morgan fingerprint density at radius 2 is 2.29 bits per heavy atom. The monoisotopic (exact) mass is 467 g/mol. The highest BCUT2D eigenvalue weighted by atomic mass is 127. The van der Waals surface area contributed by atoms with Crippen LogP contribution >= 0.6 is 35.6 Å². The van der Waals surface area contributed by atoms with Gasteiger partial charge >= 0.3 is 0 Å². The van der Waals surface area contributed by atoms with E-state index < -0.39 is 0 Å². The second-order valence-electron chi connectivity index (χ2n) is 5.70. The minimum atomic E-state index is 0. The molecule has 0 bridgehead atoms. The maximum atomic E-state index is 6.04. The fraction of sp³-hybridized carbons (Fsp3) is 0.588. The Morgan fingerprint density at radius 1 is 1.50 bits per heavy atom. The molecule has 0 aliphatic carbocycles. The molecule has 1 N–H and O–H groups in total. The van der Waals surface area contributed by atoms with Gasteiger partial charge in [0.05, 0.1) is 13.2 Å².